The van der Waals surface area contributed by atoms with Crippen LogP contribution in [0.5, 0.6) is 0 Å². The molecule has 1 unspecified atom stereocenters. The Kier molecular flexibility index (Phi) is 5.88. The lowest BCUT2D eigenvalue weighted by molar-refractivity contribution is 0.531. The normalized spacial score (nSPS) is 12.3. The van der Waals surface area contributed by atoms with E-state index in [2.05, 4.69) is 48.4 Å². The molecule has 0 spiro atoms. The van der Waals surface area contributed by atoms with Crippen LogP contribution in [0.15, 0.2) is 42.6 Å². The Bertz CT molecular complexity index is 551. The molecule has 0 bridgehead atoms. The summed E-state index contributed by atoms with van der Waals surface area (Å²) in [6.45, 7) is 5.10. The topological polar surface area (TPSA) is 24.9 Å². The number of hydrogen-bond donors (Lipinski definition) is 1. The molecule has 1 atom stereocenters. The van der Waals surface area contributed by atoms with E-state index in [1.54, 1.807) is 12.3 Å². The average Bonchev–Trinajstić information content (AvgIpc) is 2.51. The number of halogens is 1. The van der Waals surface area contributed by atoms with Gasteiger partial charge in [0, 0.05) is 6.20 Å². The Balaban J connectivity index is 2.29. The second kappa shape index (κ2) is 7.89. The van der Waals surface area contributed by atoms with E-state index < -0.39 is 0 Å². The van der Waals surface area contributed by atoms with Gasteiger partial charge in [-0.3, -0.25) is 4.98 Å². The molecule has 0 saturated heterocycles. The molecular formula is C18H23FN2. The number of nitrogens with zero attached hydrogens (tertiary/aromatic N) is 1. The quantitative estimate of drug-likeness (QED) is 0.822. The van der Waals surface area contributed by atoms with Crippen molar-refractivity contribution in [2.24, 2.45) is 0 Å². The van der Waals surface area contributed by atoms with Crippen molar-refractivity contribution in [2.75, 3.05) is 6.54 Å². The van der Waals surface area contributed by atoms with E-state index in [0.29, 0.717) is 5.69 Å². The number of aromatic nitrogens is 1. The third kappa shape index (κ3) is 4.11. The minimum atomic E-state index is -0.260. The maximum Gasteiger partial charge on any atom is 0.146 e. The van der Waals surface area contributed by atoms with Crippen LogP contribution >= 0.6 is 0 Å². The van der Waals surface area contributed by atoms with Gasteiger partial charge in [0.1, 0.15) is 5.82 Å². The predicted octanol–water partition coefficient (Wildman–Crippen LogP) is 4.26. The Morgan fingerprint density at radius 2 is 1.86 bits per heavy atom. The molecule has 1 aromatic carbocycles. The zero-order valence-corrected chi connectivity index (χ0v) is 12.8. The number of pyridine rings is 1. The van der Waals surface area contributed by atoms with Gasteiger partial charge in [-0.1, -0.05) is 44.5 Å². The van der Waals surface area contributed by atoms with E-state index in [0.717, 1.165) is 31.4 Å². The highest BCUT2D eigenvalue weighted by Crippen LogP contribution is 2.23. The van der Waals surface area contributed by atoms with Crippen LogP contribution in [0, 0.1) is 5.82 Å². The van der Waals surface area contributed by atoms with Gasteiger partial charge in [0.25, 0.3) is 0 Å². The van der Waals surface area contributed by atoms with E-state index in [1.165, 1.54) is 11.6 Å². The molecule has 1 heterocycles. The molecule has 3 heteroatoms. The van der Waals surface area contributed by atoms with Gasteiger partial charge in [-0.15, -0.1) is 0 Å². The maximum atomic E-state index is 14.1. The molecule has 21 heavy (non-hydrogen) atoms. The van der Waals surface area contributed by atoms with Crippen LogP contribution in [-0.4, -0.2) is 11.5 Å². The summed E-state index contributed by atoms with van der Waals surface area (Å²) in [5, 5.41) is 3.39. The van der Waals surface area contributed by atoms with E-state index in [1.807, 2.05) is 0 Å². The maximum absolute atomic E-state index is 14.1. The Morgan fingerprint density at radius 1 is 1.10 bits per heavy atom. The molecule has 0 fully saturated rings. The van der Waals surface area contributed by atoms with Gasteiger partial charge in [-0.05, 0) is 42.6 Å². The fourth-order valence-electron chi connectivity index (χ4n) is 2.44. The molecule has 0 aliphatic rings. The first-order valence-corrected chi connectivity index (χ1v) is 7.68. The lowest BCUT2D eigenvalue weighted by Crippen LogP contribution is -2.25. The van der Waals surface area contributed by atoms with Crippen molar-refractivity contribution in [1.29, 1.82) is 0 Å². The van der Waals surface area contributed by atoms with Gasteiger partial charge in [0.15, 0.2) is 0 Å². The highest BCUT2D eigenvalue weighted by atomic mass is 19.1. The van der Waals surface area contributed by atoms with Gasteiger partial charge < -0.3 is 5.32 Å². The number of hydrogen-bond acceptors (Lipinski definition) is 2. The largest absolute Gasteiger partial charge is 0.305 e. The predicted molar refractivity (Wildman–Crippen MR) is 84.8 cm³/mol. The van der Waals surface area contributed by atoms with Crippen molar-refractivity contribution < 1.29 is 4.39 Å². The summed E-state index contributed by atoms with van der Waals surface area (Å²) >= 11 is 0. The molecule has 2 rings (SSSR count). The van der Waals surface area contributed by atoms with Crippen LogP contribution in [0.2, 0.25) is 0 Å². The molecule has 0 aliphatic carbocycles. The fourth-order valence-corrected chi connectivity index (χ4v) is 2.44. The zero-order valence-electron chi connectivity index (χ0n) is 12.8. The van der Waals surface area contributed by atoms with Crippen molar-refractivity contribution in [3.8, 4) is 0 Å². The smallest absolute Gasteiger partial charge is 0.146 e. The molecule has 2 aromatic rings. The van der Waals surface area contributed by atoms with Crippen molar-refractivity contribution in [3.63, 3.8) is 0 Å². The highest BCUT2D eigenvalue weighted by Gasteiger charge is 2.18. The van der Waals surface area contributed by atoms with Gasteiger partial charge in [-0.2, -0.15) is 0 Å². The molecule has 1 N–H and O–H groups in total. The molecule has 2 nitrogen and oxygen atoms in total. The third-order valence-electron chi connectivity index (χ3n) is 3.51. The Morgan fingerprint density at radius 3 is 2.48 bits per heavy atom. The van der Waals surface area contributed by atoms with E-state index in [9.17, 15) is 4.39 Å². The van der Waals surface area contributed by atoms with Gasteiger partial charge in [0.05, 0.1) is 11.7 Å². The van der Waals surface area contributed by atoms with Crippen LogP contribution < -0.4 is 5.32 Å². The first-order chi connectivity index (χ1) is 10.3. The van der Waals surface area contributed by atoms with Gasteiger partial charge in [0.2, 0.25) is 0 Å². The van der Waals surface area contributed by atoms with E-state index in [4.69, 9.17) is 0 Å². The molecular weight excluding hydrogens is 263 g/mol. The summed E-state index contributed by atoms with van der Waals surface area (Å²) in [7, 11) is 0. The first-order valence-electron chi connectivity index (χ1n) is 7.68. The number of nitrogens with one attached hydrogen (secondary N) is 1. The van der Waals surface area contributed by atoms with Crippen molar-refractivity contribution in [2.45, 2.75) is 39.2 Å². The van der Waals surface area contributed by atoms with Crippen LogP contribution in [0.25, 0.3) is 0 Å². The van der Waals surface area contributed by atoms with Crippen molar-refractivity contribution >= 4 is 0 Å². The molecule has 1 aromatic heterocycles. The summed E-state index contributed by atoms with van der Waals surface area (Å²) in [4.78, 5) is 4.23. The summed E-state index contributed by atoms with van der Waals surface area (Å²) in [5.41, 5.74) is 2.84. The summed E-state index contributed by atoms with van der Waals surface area (Å²) in [6, 6.07) is 11.3. The summed E-state index contributed by atoms with van der Waals surface area (Å²) < 4.78 is 14.1. The van der Waals surface area contributed by atoms with Gasteiger partial charge >= 0.3 is 0 Å². The number of aryl methyl sites for hydroxylation is 1. The third-order valence-corrected chi connectivity index (χ3v) is 3.51. The van der Waals surface area contributed by atoms with Crippen molar-refractivity contribution in [3.05, 3.63) is 65.2 Å². The molecule has 0 radical (unpaired) electrons. The second-order valence-electron chi connectivity index (χ2n) is 5.25. The number of rotatable bonds is 7. The molecule has 112 valence electrons. The monoisotopic (exact) mass is 286 g/mol. The van der Waals surface area contributed by atoms with Crippen LogP contribution in [0.3, 0.4) is 0 Å². The lowest BCUT2D eigenvalue weighted by Gasteiger charge is -2.19. The lowest BCUT2D eigenvalue weighted by atomic mass is 9.99. The molecule has 0 aliphatic heterocycles. The van der Waals surface area contributed by atoms with Crippen molar-refractivity contribution in [1.82, 2.24) is 10.3 Å². The first kappa shape index (κ1) is 15.6. The minimum Gasteiger partial charge on any atom is -0.305 e. The minimum absolute atomic E-state index is 0.193. The fraction of sp³-hybridized carbons (Fsp3) is 0.389. The van der Waals surface area contributed by atoms with Crippen LogP contribution in [0.1, 0.15) is 49.6 Å². The summed E-state index contributed by atoms with van der Waals surface area (Å²) in [5.74, 6) is -0.260. The van der Waals surface area contributed by atoms with Crippen LogP contribution in [0.4, 0.5) is 4.39 Å². The van der Waals surface area contributed by atoms with Crippen LogP contribution in [-0.2, 0) is 6.42 Å². The average molecular weight is 286 g/mol. The van der Waals surface area contributed by atoms with E-state index in [-0.39, 0.29) is 11.9 Å². The van der Waals surface area contributed by atoms with Gasteiger partial charge in [-0.25, -0.2) is 4.39 Å². The second-order valence-corrected chi connectivity index (χ2v) is 5.25. The molecule has 0 amide bonds. The SMILES string of the molecule is CCCNC(c1ccc(CCC)cc1)c1ncccc1F. The molecule has 0 saturated carbocycles. The Labute approximate surface area is 126 Å². The zero-order chi connectivity index (χ0) is 15.1. The van der Waals surface area contributed by atoms with E-state index >= 15 is 0 Å². The number of benzene rings is 1. The standard InChI is InChI=1S/C18H23FN2/c1-3-6-14-8-10-15(11-9-14)17(20-12-4-2)18-16(19)7-5-13-21-18/h5,7-11,13,17,20H,3-4,6,12H2,1-2H3. The summed E-state index contributed by atoms with van der Waals surface area (Å²) in [6.07, 6.45) is 4.85. The highest BCUT2D eigenvalue weighted by molar-refractivity contribution is 5.31. The Hall–Kier alpha value is -1.74.